The number of amides is 1. The summed E-state index contributed by atoms with van der Waals surface area (Å²) in [6, 6.07) is 16.6. The molecule has 6 nitrogen and oxygen atoms in total. The number of nitrogens with one attached hydrogen (secondary N) is 1. The summed E-state index contributed by atoms with van der Waals surface area (Å²) < 4.78 is 1.48. The zero-order valence-electron chi connectivity index (χ0n) is 12.8. The number of hydrogen-bond donors (Lipinski definition) is 1. The number of halogens is 1. The molecule has 0 bridgehead atoms. The Labute approximate surface area is 144 Å². The zero-order chi connectivity index (χ0) is 16.8. The number of carbonyl (C=O) groups is 1. The third-order valence-electron chi connectivity index (χ3n) is 3.64. The number of rotatable bonds is 6. The summed E-state index contributed by atoms with van der Waals surface area (Å²) in [6.07, 6.45) is 1.97. The standard InChI is InChI=1S/C17H16ClN5O/c18-15-8-6-14(7-9-15)11-19-17(24)16(23-12-20-21-22-23)10-13-4-2-1-3-5-13/h1-9,12,16H,10-11H2,(H,19,24)/t16-/m0/s1. The lowest BCUT2D eigenvalue weighted by Crippen LogP contribution is -2.34. The molecule has 0 aliphatic carbocycles. The summed E-state index contributed by atoms with van der Waals surface area (Å²) in [7, 11) is 0. The molecule has 0 aliphatic heterocycles. The zero-order valence-corrected chi connectivity index (χ0v) is 13.6. The Morgan fingerprint density at radius 3 is 2.50 bits per heavy atom. The molecule has 0 fully saturated rings. The van der Waals surface area contributed by atoms with Crippen LogP contribution in [0.1, 0.15) is 17.2 Å². The van der Waals surface area contributed by atoms with Gasteiger partial charge in [-0.05, 0) is 33.7 Å². The monoisotopic (exact) mass is 341 g/mol. The van der Waals surface area contributed by atoms with E-state index in [2.05, 4.69) is 20.8 Å². The maximum Gasteiger partial charge on any atom is 0.245 e. The van der Waals surface area contributed by atoms with Crippen molar-refractivity contribution in [3.05, 3.63) is 77.1 Å². The molecule has 1 N–H and O–H groups in total. The van der Waals surface area contributed by atoms with Crippen molar-refractivity contribution in [3.63, 3.8) is 0 Å². The molecular weight excluding hydrogens is 326 g/mol. The molecule has 1 heterocycles. The van der Waals surface area contributed by atoms with Gasteiger partial charge in [-0.3, -0.25) is 4.79 Å². The van der Waals surface area contributed by atoms with Gasteiger partial charge in [0, 0.05) is 18.0 Å². The first-order valence-electron chi connectivity index (χ1n) is 7.51. The van der Waals surface area contributed by atoms with Gasteiger partial charge in [-0.15, -0.1) is 5.10 Å². The van der Waals surface area contributed by atoms with Crippen LogP contribution in [-0.4, -0.2) is 26.1 Å². The predicted molar refractivity (Wildman–Crippen MR) is 90.3 cm³/mol. The van der Waals surface area contributed by atoms with Crippen LogP contribution >= 0.6 is 11.6 Å². The van der Waals surface area contributed by atoms with Crippen molar-refractivity contribution >= 4 is 17.5 Å². The number of nitrogens with zero attached hydrogens (tertiary/aromatic N) is 4. The van der Waals surface area contributed by atoms with Crippen LogP contribution in [0.15, 0.2) is 60.9 Å². The van der Waals surface area contributed by atoms with E-state index in [1.807, 2.05) is 42.5 Å². The molecule has 0 unspecified atom stereocenters. The molecule has 3 aromatic rings. The van der Waals surface area contributed by atoms with Crippen LogP contribution in [0.2, 0.25) is 5.02 Å². The molecule has 0 aliphatic rings. The van der Waals surface area contributed by atoms with Gasteiger partial charge in [0.05, 0.1) is 0 Å². The third-order valence-corrected chi connectivity index (χ3v) is 3.89. The van der Waals surface area contributed by atoms with Gasteiger partial charge in [-0.2, -0.15) is 0 Å². The van der Waals surface area contributed by atoms with Gasteiger partial charge in [0.15, 0.2) is 0 Å². The van der Waals surface area contributed by atoms with Gasteiger partial charge in [-0.25, -0.2) is 4.68 Å². The van der Waals surface area contributed by atoms with E-state index in [1.165, 1.54) is 11.0 Å². The van der Waals surface area contributed by atoms with Crippen LogP contribution in [0.5, 0.6) is 0 Å². The molecule has 1 aromatic heterocycles. The van der Waals surface area contributed by atoms with Crippen LogP contribution < -0.4 is 5.32 Å². The SMILES string of the molecule is O=C(NCc1ccc(Cl)cc1)[C@H](Cc1ccccc1)n1cnnn1. The van der Waals surface area contributed by atoms with Crippen LogP contribution in [0.3, 0.4) is 0 Å². The Kier molecular flexibility index (Phi) is 5.18. The van der Waals surface area contributed by atoms with Gasteiger partial charge < -0.3 is 5.32 Å². The van der Waals surface area contributed by atoms with Crippen LogP contribution in [0.4, 0.5) is 0 Å². The van der Waals surface area contributed by atoms with Crippen molar-refractivity contribution in [3.8, 4) is 0 Å². The van der Waals surface area contributed by atoms with Crippen LogP contribution in [-0.2, 0) is 17.8 Å². The van der Waals surface area contributed by atoms with Crippen molar-refractivity contribution in [1.82, 2.24) is 25.5 Å². The second kappa shape index (κ2) is 7.70. The predicted octanol–water partition coefficient (Wildman–Crippen LogP) is 2.43. The Bertz CT molecular complexity index is 775. The number of tetrazole rings is 1. The van der Waals surface area contributed by atoms with Gasteiger partial charge in [0.25, 0.3) is 0 Å². The van der Waals surface area contributed by atoms with E-state index < -0.39 is 6.04 Å². The van der Waals surface area contributed by atoms with E-state index in [9.17, 15) is 4.79 Å². The Morgan fingerprint density at radius 2 is 1.83 bits per heavy atom. The van der Waals surface area contributed by atoms with Crippen LogP contribution in [0.25, 0.3) is 0 Å². The fourth-order valence-corrected chi connectivity index (χ4v) is 2.49. The summed E-state index contributed by atoms with van der Waals surface area (Å²) in [5, 5.41) is 14.7. The summed E-state index contributed by atoms with van der Waals surface area (Å²) in [5.41, 5.74) is 2.02. The smallest absolute Gasteiger partial charge is 0.245 e. The highest BCUT2D eigenvalue weighted by Gasteiger charge is 2.22. The fourth-order valence-electron chi connectivity index (χ4n) is 2.36. The largest absolute Gasteiger partial charge is 0.350 e. The minimum atomic E-state index is -0.505. The summed E-state index contributed by atoms with van der Waals surface area (Å²) in [6.45, 7) is 0.420. The normalized spacial score (nSPS) is 11.9. The highest BCUT2D eigenvalue weighted by molar-refractivity contribution is 6.30. The van der Waals surface area contributed by atoms with Gasteiger partial charge in [0.1, 0.15) is 12.4 Å². The summed E-state index contributed by atoms with van der Waals surface area (Å²) in [4.78, 5) is 12.6. The fraction of sp³-hybridized carbons (Fsp3) is 0.176. The van der Waals surface area contributed by atoms with Crippen molar-refractivity contribution in [2.45, 2.75) is 19.0 Å². The maximum absolute atomic E-state index is 12.6. The van der Waals surface area contributed by atoms with E-state index in [0.717, 1.165) is 11.1 Å². The molecule has 0 spiro atoms. The van der Waals surface area contributed by atoms with E-state index >= 15 is 0 Å². The Morgan fingerprint density at radius 1 is 1.08 bits per heavy atom. The molecule has 1 atom stereocenters. The highest BCUT2D eigenvalue weighted by Crippen LogP contribution is 2.14. The number of hydrogen-bond acceptors (Lipinski definition) is 4. The molecule has 122 valence electrons. The van der Waals surface area contributed by atoms with Crippen molar-refractivity contribution in [2.75, 3.05) is 0 Å². The molecule has 24 heavy (non-hydrogen) atoms. The molecule has 0 radical (unpaired) electrons. The van der Waals surface area contributed by atoms with Gasteiger partial charge in [-0.1, -0.05) is 54.1 Å². The van der Waals surface area contributed by atoms with Gasteiger partial charge in [0.2, 0.25) is 5.91 Å². The van der Waals surface area contributed by atoms with Crippen molar-refractivity contribution in [2.24, 2.45) is 0 Å². The highest BCUT2D eigenvalue weighted by atomic mass is 35.5. The first-order valence-corrected chi connectivity index (χ1v) is 7.89. The minimum absolute atomic E-state index is 0.138. The van der Waals surface area contributed by atoms with E-state index in [4.69, 9.17) is 11.6 Å². The quantitative estimate of drug-likeness (QED) is 0.747. The summed E-state index contributed by atoms with van der Waals surface area (Å²) >= 11 is 5.87. The number of benzene rings is 2. The minimum Gasteiger partial charge on any atom is -0.350 e. The molecule has 3 rings (SSSR count). The first kappa shape index (κ1) is 16.1. The van der Waals surface area contributed by atoms with Crippen LogP contribution in [0, 0.1) is 0 Å². The van der Waals surface area contributed by atoms with Crippen molar-refractivity contribution < 1.29 is 4.79 Å². The number of aromatic nitrogens is 4. The average molecular weight is 342 g/mol. The molecular formula is C17H16ClN5O. The molecule has 7 heteroatoms. The average Bonchev–Trinajstić information content (AvgIpc) is 3.14. The Balaban J connectivity index is 1.70. The lowest BCUT2D eigenvalue weighted by atomic mass is 10.1. The van der Waals surface area contributed by atoms with E-state index in [1.54, 1.807) is 12.1 Å². The second-order valence-electron chi connectivity index (χ2n) is 5.34. The van der Waals surface area contributed by atoms with E-state index in [-0.39, 0.29) is 5.91 Å². The topological polar surface area (TPSA) is 72.7 Å². The number of carbonyl (C=O) groups excluding carboxylic acids is 1. The molecule has 1 amide bonds. The molecule has 2 aromatic carbocycles. The van der Waals surface area contributed by atoms with Crippen molar-refractivity contribution in [1.29, 1.82) is 0 Å². The Hall–Kier alpha value is -2.73. The summed E-state index contributed by atoms with van der Waals surface area (Å²) in [5.74, 6) is -0.138. The molecule has 0 saturated carbocycles. The van der Waals surface area contributed by atoms with E-state index in [0.29, 0.717) is 18.0 Å². The lowest BCUT2D eigenvalue weighted by molar-refractivity contribution is -0.124. The third kappa shape index (κ3) is 4.17. The second-order valence-corrected chi connectivity index (χ2v) is 5.78. The van der Waals surface area contributed by atoms with Gasteiger partial charge >= 0.3 is 0 Å². The maximum atomic E-state index is 12.6. The first-order chi connectivity index (χ1) is 11.7. The lowest BCUT2D eigenvalue weighted by Gasteiger charge is -2.16. The molecule has 0 saturated heterocycles.